The quantitative estimate of drug-likeness (QED) is 0.600. The van der Waals surface area contributed by atoms with Crippen LogP contribution >= 0.6 is 11.3 Å². The number of carbonyl (C=O) groups is 1. The molecule has 1 aromatic carbocycles. The molecular formula is C25H29N3O2S. The molecule has 1 aliphatic heterocycles. The van der Waals surface area contributed by atoms with Gasteiger partial charge in [0.05, 0.1) is 11.4 Å². The molecule has 2 aromatic heterocycles. The van der Waals surface area contributed by atoms with Crippen LogP contribution in [-0.2, 0) is 12.8 Å². The van der Waals surface area contributed by atoms with Crippen molar-refractivity contribution in [2.24, 2.45) is 11.8 Å². The Bertz CT molecular complexity index is 1160. The van der Waals surface area contributed by atoms with Crippen LogP contribution < -0.4 is 5.56 Å². The minimum atomic E-state index is 0.00745. The van der Waals surface area contributed by atoms with E-state index in [2.05, 4.69) is 23.7 Å². The molecule has 0 radical (unpaired) electrons. The number of nitrogens with one attached hydrogen (secondary N) is 1. The number of rotatable bonds is 4. The predicted octanol–water partition coefficient (Wildman–Crippen LogP) is 4.77. The second-order valence-corrected chi connectivity index (χ2v) is 10.3. The van der Waals surface area contributed by atoms with Crippen LogP contribution in [0.25, 0.3) is 10.2 Å². The fourth-order valence-electron chi connectivity index (χ4n) is 5.12. The first kappa shape index (κ1) is 20.6. The van der Waals surface area contributed by atoms with Crippen molar-refractivity contribution in [3.8, 4) is 0 Å². The van der Waals surface area contributed by atoms with Crippen LogP contribution in [0.1, 0.15) is 65.8 Å². The third-order valence-electron chi connectivity index (χ3n) is 7.09. The van der Waals surface area contributed by atoms with Crippen molar-refractivity contribution >= 4 is 27.3 Å². The summed E-state index contributed by atoms with van der Waals surface area (Å²) in [7, 11) is 0. The Labute approximate surface area is 186 Å². The molecule has 0 amide bonds. The fourth-order valence-corrected chi connectivity index (χ4v) is 6.51. The summed E-state index contributed by atoms with van der Waals surface area (Å²) in [5, 5.41) is 0.815. The molecule has 2 unspecified atom stereocenters. The highest BCUT2D eigenvalue weighted by Gasteiger charge is 2.30. The number of nitrogens with zero attached hydrogens (tertiary/aromatic N) is 2. The number of piperidine rings is 1. The molecule has 3 heterocycles. The van der Waals surface area contributed by atoms with E-state index in [0.717, 1.165) is 66.8 Å². The summed E-state index contributed by atoms with van der Waals surface area (Å²) in [6.07, 6.45) is 4.88. The molecule has 1 saturated heterocycles. The molecule has 6 heteroatoms. The molecular weight excluding hydrogens is 406 g/mol. The maximum absolute atomic E-state index is 12.9. The molecule has 5 rings (SSSR count). The van der Waals surface area contributed by atoms with Crippen molar-refractivity contribution < 1.29 is 4.79 Å². The van der Waals surface area contributed by atoms with Gasteiger partial charge in [-0.05, 0) is 63.6 Å². The van der Waals surface area contributed by atoms with E-state index in [1.54, 1.807) is 11.3 Å². The van der Waals surface area contributed by atoms with Crippen LogP contribution in [0.4, 0.5) is 0 Å². The van der Waals surface area contributed by atoms with Gasteiger partial charge in [0.25, 0.3) is 5.56 Å². The molecule has 1 fully saturated rings. The Morgan fingerprint density at radius 3 is 2.68 bits per heavy atom. The van der Waals surface area contributed by atoms with Gasteiger partial charge in [-0.25, -0.2) is 4.98 Å². The minimum Gasteiger partial charge on any atom is -0.309 e. The van der Waals surface area contributed by atoms with Crippen LogP contribution in [0, 0.1) is 11.8 Å². The average Bonchev–Trinajstić information content (AvgIpc) is 3.16. The lowest BCUT2D eigenvalue weighted by Gasteiger charge is -2.35. The monoisotopic (exact) mass is 435 g/mol. The van der Waals surface area contributed by atoms with Gasteiger partial charge in [-0.3, -0.25) is 14.5 Å². The van der Waals surface area contributed by atoms with E-state index < -0.39 is 0 Å². The van der Waals surface area contributed by atoms with Crippen molar-refractivity contribution in [1.29, 1.82) is 0 Å². The summed E-state index contributed by atoms with van der Waals surface area (Å²) >= 11 is 1.70. The summed E-state index contributed by atoms with van der Waals surface area (Å²) in [6.45, 7) is 6.07. The van der Waals surface area contributed by atoms with Crippen LogP contribution in [-0.4, -0.2) is 33.7 Å². The Kier molecular flexibility index (Phi) is 5.52. The second-order valence-electron chi connectivity index (χ2n) is 9.20. The number of carbonyl (C=O) groups excluding carboxylic acids is 1. The Balaban J connectivity index is 1.32. The zero-order valence-corrected chi connectivity index (χ0v) is 19.0. The highest BCUT2D eigenvalue weighted by molar-refractivity contribution is 7.18. The fraction of sp³-hybridized carbons (Fsp3) is 0.480. The van der Waals surface area contributed by atoms with Crippen LogP contribution in [0.5, 0.6) is 0 Å². The molecule has 2 aliphatic rings. The number of aryl methyl sites for hydroxylation is 1. The third kappa shape index (κ3) is 3.87. The molecule has 31 heavy (non-hydrogen) atoms. The number of likely N-dealkylation sites (tertiary alicyclic amines) is 1. The zero-order chi connectivity index (χ0) is 21.5. The van der Waals surface area contributed by atoms with E-state index in [0.29, 0.717) is 5.92 Å². The minimum absolute atomic E-state index is 0.00745. The lowest BCUT2D eigenvalue weighted by molar-refractivity contribution is 0.0796. The highest BCUT2D eigenvalue weighted by Crippen LogP contribution is 2.36. The summed E-state index contributed by atoms with van der Waals surface area (Å²) in [4.78, 5) is 38.3. The molecule has 0 bridgehead atoms. The Morgan fingerprint density at radius 1 is 1.19 bits per heavy atom. The van der Waals surface area contributed by atoms with Gasteiger partial charge >= 0.3 is 0 Å². The molecule has 162 valence electrons. The first-order chi connectivity index (χ1) is 15.0. The van der Waals surface area contributed by atoms with Gasteiger partial charge in [-0.2, -0.15) is 0 Å². The smallest absolute Gasteiger partial charge is 0.259 e. The number of hydrogen-bond donors (Lipinski definition) is 1. The second kappa shape index (κ2) is 8.32. The number of benzene rings is 1. The van der Waals surface area contributed by atoms with Gasteiger partial charge in [-0.15, -0.1) is 11.3 Å². The van der Waals surface area contributed by atoms with Gasteiger partial charge in [0, 0.05) is 16.4 Å². The van der Waals surface area contributed by atoms with Crippen LogP contribution in [0.15, 0.2) is 35.1 Å². The predicted molar refractivity (Wildman–Crippen MR) is 125 cm³/mol. The first-order valence-corrected chi connectivity index (χ1v) is 12.2. The molecule has 5 nitrogen and oxygen atoms in total. The van der Waals surface area contributed by atoms with Crippen molar-refractivity contribution in [1.82, 2.24) is 14.9 Å². The van der Waals surface area contributed by atoms with Gasteiger partial charge < -0.3 is 4.98 Å². The van der Waals surface area contributed by atoms with Crippen molar-refractivity contribution in [3.63, 3.8) is 0 Å². The van der Waals surface area contributed by atoms with E-state index in [1.807, 2.05) is 30.3 Å². The number of fused-ring (bicyclic) bond motifs is 3. The standard InChI is InChI=1S/C25H29N3O2S/c1-15-8-9-19-20(14-15)31-25-21(19)24(30)26-23(27-25)16(2)28-12-10-18(11-13-28)22(29)17-6-4-3-5-7-17/h3-7,15-16,18H,8-14H2,1-2H3,(H,26,27,30). The maximum Gasteiger partial charge on any atom is 0.259 e. The normalized spacial score (nSPS) is 21.2. The Hall–Kier alpha value is -2.31. The molecule has 1 N–H and O–H groups in total. The highest BCUT2D eigenvalue weighted by atomic mass is 32.1. The molecule has 2 atom stereocenters. The lowest BCUT2D eigenvalue weighted by Crippen LogP contribution is -2.38. The van der Waals surface area contributed by atoms with E-state index in [-0.39, 0.29) is 23.3 Å². The van der Waals surface area contributed by atoms with Gasteiger partial charge in [0.2, 0.25) is 0 Å². The zero-order valence-electron chi connectivity index (χ0n) is 18.2. The largest absolute Gasteiger partial charge is 0.309 e. The van der Waals surface area contributed by atoms with Crippen molar-refractivity contribution in [3.05, 3.63) is 62.5 Å². The summed E-state index contributed by atoms with van der Waals surface area (Å²) in [6, 6.07) is 9.63. The number of Topliss-reactive ketones (excluding diaryl/α,β-unsaturated/α-hetero) is 1. The van der Waals surface area contributed by atoms with E-state index in [4.69, 9.17) is 4.98 Å². The van der Waals surface area contributed by atoms with Crippen molar-refractivity contribution in [2.45, 2.75) is 52.0 Å². The SMILES string of the molecule is CC1CCc2c(sc3nc(C(C)N4CCC(C(=O)c5ccccc5)CC4)[nH]c(=O)c23)C1. The van der Waals surface area contributed by atoms with Crippen molar-refractivity contribution in [2.75, 3.05) is 13.1 Å². The topological polar surface area (TPSA) is 66.1 Å². The number of H-pyrrole nitrogens is 1. The van der Waals surface area contributed by atoms with Crippen LogP contribution in [0.3, 0.4) is 0 Å². The maximum atomic E-state index is 12.9. The summed E-state index contributed by atoms with van der Waals surface area (Å²) in [5.41, 5.74) is 2.04. The molecule has 0 spiro atoms. The summed E-state index contributed by atoms with van der Waals surface area (Å²) in [5.74, 6) is 1.75. The number of ketones is 1. The van der Waals surface area contributed by atoms with E-state index in [1.165, 1.54) is 10.4 Å². The van der Waals surface area contributed by atoms with E-state index >= 15 is 0 Å². The van der Waals surface area contributed by atoms with Gasteiger partial charge in [0.1, 0.15) is 10.7 Å². The number of hydrogen-bond acceptors (Lipinski definition) is 5. The third-order valence-corrected chi connectivity index (χ3v) is 8.23. The number of thiophene rings is 1. The van der Waals surface area contributed by atoms with E-state index in [9.17, 15) is 9.59 Å². The average molecular weight is 436 g/mol. The van der Waals surface area contributed by atoms with Gasteiger partial charge in [0.15, 0.2) is 5.78 Å². The number of aromatic amines is 1. The van der Waals surface area contributed by atoms with Crippen LogP contribution in [0.2, 0.25) is 0 Å². The Morgan fingerprint density at radius 2 is 1.94 bits per heavy atom. The lowest BCUT2D eigenvalue weighted by atomic mass is 9.88. The number of aromatic nitrogens is 2. The molecule has 0 saturated carbocycles. The molecule has 1 aliphatic carbocycles. The molecule has 3 aromatic rings. The first-order valence-electron chi connectivity index (χ1n) is 11.4. The summed E-state index contributed by atoms with van der Waals surface area (Å²) < 4.78 is 0. The van der Waals surface area contributed by atoms with Gasteiger partial charge in [-0.1, -0.05) is 37.3 Å².